The van der Waals surface area contributed by atoms with E-state index in [1.54, 1.807) is 12.1 Å². The summed E-state index contributed by atoms with van der Waals surface area (Å²) in [5.74, 6) is 0.00504. The average Bonchev–Trinajstić information content (AvgIpc) is 3.35. The van der Waals surface area contributed by atoms with Crippen LogP contribution in [-0.2, 0) is 16.1 Å². The third kappa shape index (κ3) is 5.30. The van der Waals surface area contributed by atoms with Crippen molar-refractivity contribution in [3.8, 4) is 5.75 Å². The minimum atomic E-state index is -0.834. The van der Waals surface area contributed by atoms with Crippen molar-refractivity contribution in [2.75, 3.05) is 13.2 Å². The SMILES string of the molecule is O=C(O)CCCOc1ccc(CNC(=O)c2ncoc2[C@@H]2CCCO2)cc1. The zero-order valence-corrected chi connectivity index (χ0v) is 14.8. The summed E-state index contributed by atoms with van der Waals surface area (Å²) in [6.07, 6.45) is 3.37. The van der Waals surface area contributed by atoms with Crippen LogP contribution in [0.4, 0.5) is 0 Å². The molecule has 8 heteroatoms. The van der Waals surface area contributed by atoms with Crippen molar-refractivity contribution < 1.29 is 28.6 Å². The molecule has 144 valence electrons. The van der Waals surface area contributed by atoms with Gasteiger partial charge < -0.3 is 24.3 Å². The van der Waals surface area contributed by atoms with Crippen molar-refractivity contribution in [3.05, 3.63) is 47.7 Å². The number of benzene rings is 1. The molecule has 1 aromatic carbocycles. The summed E-state index contributed by atoms with van der Waals surface area (Å²) >= 11 is 0. The molecule has 1 fully saturated rings. The third-order valence-corrected chi connectivity index (χ3v) is 4.21. The maximum Gasteiger partial charge on any atom is 0.303 e. The van der Waals surface area contributed by atoms with E-state index < -0.39 is 5.97 Å². The minimum absolute atomic E-state index is 0.0834. The van der Waals surface area contributed by atoms with Crippen LogP contribution in [0, 0.1) is 0 Å². The monoisotopic (exact) mass is 374 g/mol. The van der Waals surface area contributed by atoms with Crippen molar-refractivity contribution in [1.82, 2.24) is 10.3 Å². The molecule has 0 spiro atoms. The van der Waals surface area contributed by atoms with E-state index in [1.165, 1.54) is 6.39 Å². The molecule has 1 aliphatic rings. The molecule has 0 bridgehead atoms. The first-order chi connectivity index (χ1) is 13.1. The number of carboxylic acids is 1. The Labute approximate surface area is 156 Å². The molecule has 1 amide bonds. The number of nitrogens with one attached hydrogen (secondary N) is 1. The quantitative estimate of drug-likeness (QED) is 0.649. The fourth-order valence-corrected chi connectivity index (χ4v) is 2.82. The van der Waals surface area contributed by atoms with Gasteiger partial charge in [0.2, 0.25) is 0 Å². The summed E-state index contributed by atoms with van der Waals surface area (Å²) in [7, 11) is 0. The van der Waals surface area contributed by atoms with E-state index in [0.29, 0.717) is 37.7 Å². The Morgan fingerprint density at radius 1 is 1.30 bits per heavy atom. The maximum atomic E-state index is 12.4. The van der Waals surface area contributed by atoms with E-state index in [2.05, 4.69) is 10.3 Å². The van der Waals surface area contributed by atoms with Gasteiger partial charge in [0.05, 0.1) is 6.61 Å². The number of oxazole rings is 1. The van der Waals surface area contributed by atoms with E-state index >= 15 is 0 Å². The Hall–Kier alpha value is -2.87. The Morgan fingerprint density at radius 2 is 2.11 bits per heavy atom. The van der Waals surface area contributed by atoms with Crippen LogP contribution in [0.3, 0.4) is 0 Å². The van der Waals surface area contributed by atoms with Crippen molar-refractivity contribution in [2.24, 2.45) is 0 Å². The lowest BCUT2D eigenvalue weighted by Crippen LogP contribution is -2.24. The van der Waals surface area contributed by atoms with Gasteiger partial charge in [0.25, 0.3) is 5.91 Å². The Morgan fingerprint density at radius 3 is 2.81 bits per heavy atom. The van der Waals surface area contributed by atoms with Gasteiger partial charge in [0.1, 0.15) is 11.9 Å². The number of hydrogen-bond acceptors (Lipinski definition) is 6. The van der Waals surface area contributed by atoms with E-state index in [0.717, 1.165) is 18.4 Å². The van der Waals surface area contributed by atoms with Crippen LogP contribution in [0.5, 0.6) is 5.75 Å². The molecule has 1 atom stereocenters. The molecular weight excluding hydrogens is 352 g/mol. The van der Waals surface area contributed by atoms with Gasteiger partial charge in [-0.3, -0.25) is 9.59 Å². The number of nitrogens with zero attached hydrogens (tertiary/aromatic N) is 1. The highest BCUT2D eigenvalue weighted by Crippen LogP contribution is 2.30. The van der Waals surface area contributed by atoms with E-state index in [-0.39, 0.29) is 24.1 Å². The molecule has 27 heavy (non-hydrogen) atoms. The summed E-state index contributed by atoms with van der Waals surface area (Å²) in [5.41, 5.74) is 1.17. The largest absolute Gasteiger partial charge is 0.494 e. The molecule has 3 rings (SSSR count). The second kappa shape index (κ2) is 9.18. The molecular formula is C19H22N2O6. The fraction of sp³-hybridized carbons (Fsp3) is 0.421. The van der Waals surface area contributed by atoms with Crippen molar-refractivity contribution in [3.63, 3.8) is 0 Å². The predicted molar refractivity (Wildman–Crippen MR) is 94.4 cm³/mol. The lowest BCUT2D eigenvalue weighted by Gasteiger charge is -2.09. The number of hydrogen-bond donors (Lipinski definition) is 2. The average molecular weight is 374 g/mol. The zero-order valence-electron chi connectivity index (χ0n) is 14.8. The minimum Gasteiger partial charge on any atom is -0.494 e. The fourth-order valence-electron chi connectivity index (χ4n) is 2.82. The Kier molecular flexibility index (Phi) is 6.43. The number of aromatic nitrogens is 1. The van der Waals surface area contributed by atoms with Crippen molar-refractivity contribution >= 4 is 11.9 Å². The molecule has 1 aliphatic heterocycles. The van der Waals surface area contributed by atoms with E-state index in [4.69, 9.17) is 19.0 Å². The predicted octanol–water partition coefficient (Wildman–Crippen LogP) is 2.70. The Bertz CT molecular complexity index is 765. The van der Waals surface area contributed by atoms with Crippen LogP contribution < -0.4 is 10.1 Å². The van der Waals surface area contributed by atoms with Crippen LogP contribution in [0.25, 0.3) is 0 Å². The molecule has 1 aromatic heterocycles. The van der Waals surface area contributed by atoms with E-state index in [9.17, 15) is 9.59 Å². The van der Waals surface area contributed by atoms with Gasteiger partial charge in [-0.15, -0.1) is 0 Å². The molecule has 0 aliphatic carbocycles. The summed E-state index contributed by atoms with van der Waals surface area (Å²) in [6, 6.07) is 7.26. The summed E-state index contributed by atoms with van der Waals surface area (Å²) in [5, 5.41) is 11.4. The summed E-state index contributed by atoms with van der Waals surface area (Å²) in [4.78, 5) is 26.9. The summed E-state index contributed by atoms with van der Waals surface area (Å²) in [6.45, 7) is 1.35. The van der Waals surface area contributed by atoms with Gasteiger partial charge in [-0.2, -0.15) is 0 Å². The molecule has 2 aromatic rings. The zero-order chi connectivity index (χ0) is 19.1. The molecule has 0 saturated carbocycles. The standard InChI is InChI=1S/C19H22N2O6/c22-16(23)4-2-9-25-14-7-5-13(6-8-14)11-20-19(24)17-18(27-12-21-17)15-3-1-10-26-15/h5-8,12,15H,1-4,9-11H2,(H,20,24)(H,22,23)/t15-/m0/s1. The molecule has 2 heterocycles. The van der Waals surface area contributed by atoms with E-state index in [1.807, 2.05) is 12.1 Å². The van der Waals surface area contributed by atoms with Crippen molar-refractivity contribution in [1.29, 1.82) is 0 Å². The van der Waals surface area contributed by atoms with Crippen LogP contribution in [0.2, 0.25) is 0 Å². The number of aliphatic carboxylic acids is 1. The topological polar surface area (TPSA) is 111 Å². The Balaban J connectivity index is 1.48. The second-order valence-corrected chi connectivity index (χ2v) is 6.24. The van der Waals surface area contributed by atoms with Crippen LogP contribution >= 0.6 is 0 Å². The maximum absolute atomic E-state index is 12.4. The van der Waals surface area contributed by atoms with Gasteiger partial charge in [-0.1, -0.05) is 12.1 Å². The van der Waals surface area contributed by atoms with Gasteiger partial charge in [0, 0.05) is 19.6 Å². The van der Waals surface area contributed by atoms with Gasteiger partial charge in [-0.05, 0) is 37.0 Å². The molecule has 0 unspecified atom stereocenters. The molecule has 2 N–H and O–H groups in total. The van der Waals surface area contributed by atoms with Crippen molar-refractivity contribution in [2.45, 2.75) is 38.3 Å². The summed E-state index contributed by atoms with van der Waals surface area (Å²) < 4.78 is 16.4. The number of ether oxygens (including phenoxy) is 2. The molecule has 8 nitrogen and oxygen atoms in total. The number of amides is 1. The number of carbonyl (C=O) groups is 2. The van der Waals surface area contributed by atoms with Crippen LogP contribution in [-0.4, -0.2) is 35.2 Å². The van der Waals surface area contributed by atoms with Crippen LogP contribution in [0.1, 0.15) is 53.6 Å². The van der Waals surface area contributed by atoms with Gasteiger partial charge in [0.15, 0.2) is 17.8 Å². The number of carbonyl (C=O) groups excluding carboxylic acids is 1. The van der Waals surface area contributed by atoms with Crippen LogP contribution in [0.15, 0.2) is 35.1 Å². The first-order valence-electron chi connectivity index (χ1n) is 8.90. The second-order valence-electron chi connectivity index (χ2n) is 6.24. The smallest absolute Gasteiger partial charge is 0.303 e. The lowest BCUT2D eigenvalue weighted by atomic mass is 10.1. The highest BCUT2D eigenvalue weighted by Gasteiger charge is 2.27. The van der Waals surface area contributed by atoms with Gasteiger partial charge >= 0.3 is 5.97 Å². The normalized spacial score (nSPS) is 16.2. The number of carboxylic acid groups (broad SMARTS) is 1. The first kappa shape index (κ1) is 18.9. The lowest BCUT2D eigenvalue weighted by molar-refractivity contribution is -0.137. The highest BCUT2D eigenvalue weighted by molar-refractivity contribution is 5.93. The highest BCUT2D eigenvalue weighted by atomic mass is 16.5. The van der Waals surface area contributed by atoms with Gasteiger partial charge in [-0.25, -0.2) is 4.98 Å². The molecule has 0 radical (unpaired) electrons. The third-order valence-electron chi connectivity index (χ3n) is 4.21. The molecule has 1 saturated heterocycles. The first-order valence-corrected chi connectivity index (χ1v) is 8.90. The number of rotatable bonds is 9.